The number of hydrogen-bond donors (Lipinski definition) is 1. The molecule has 0 atom stereocenters. The summed E-state index contributed by atoms with van der Waals surface area (Å²) >= 11 is 0. The van der Waals surface area contributed by atoms with Gasteiger partial charge in [0.2, 0.25) is 0 Å². The molecule has 1 amide bonds. The van der Waals surface area contributed by atoms with Gasteiger partial charge in [-0.05, 0) is 25.0 Å². The van der Waals surface area contributed by atoms with Gasteiger partial charge in [0.25, 0.3) is 0 Å². The van der Waals surface area contributed by atoms with E-state index in [1.807, 2.05) is 30.3 Å². The maximum atomic E-state index is 11.1. The molecule has 0 aliphatic carbocycles. The van der Waals surface area contributed by atoms with E-state index in [1.165, 1.54) is 0 Å². The second kappa shape index (κ2) is 6.00. The fraction of sp³-hybridized carbons (Fsp3) is 0.286. The molecular weight excluding hydrogens is 228 g/mol. The number of hydrogen-bond acceptors (Lipinski definition) is 3. The van der Waals surface area contributed by atoms with Crippen molar-refractivity contribution in [1.82, 2.24) is 10.3 Å². The number of carbonyl (C=O) groups is 1. The fourth-order valence-electron chi connectivity index (χ4n) is 1.85. The molecule has 2 aromatic rings. The van der Waals surface area contributed by atoms with Gasteiger partial charge in [0, 0.05) is 18.1 Å². The molecule has 0 aliphatic heterocycles. The monoisotopic (exact) mass is 244 g/mol. The standard InChI is InChI=1S/C14H16N2O2/c1-2-18-14(17)16-10-8-12-6-3-5-11-7-4-9-15-13(11)12/h3-7,9H,2,8,10H2,1H3,(H,16,17). The molecule has 1 heterocycles. The number of nitrogens with zero attached hydrogens (tertiary/aromatic N) is 1. The molecular formula is C14H16N2O2. The van der Waals surface area contributed by atoms with Crippen molar-refractivity contribution in [3.63, 3.8) is 0 Å². The van der Waals surface area contributed by atoms with Crippen molar-refractivity contribution in [2.45, 2.75) is 13.3 Å². The van der Waals surface area contributed by atoms with Gasteiger partial charge in [-0.3, -0.25) is 4.98 Å². The normalized spacial score (nSPS) is 10.3. The van der Waals surface area contributed by atoms with Crippen molar-refractivity contribution in [3.05, 3.63) is 42.1 Å². The lowest BCUT2D eigenvalue weighted by molar-refractivity contribution is 0.152. The van der Waals surface area contributed by atoms with Gasteiger partial charge in [-0.1, -0.05) is 24.3 Å². The molecule has 0 saturated heterocycles. The number of amides is 1. The van der Waals surface area contributed by atoms with Crippen molar-refractivity contribution in [1.29, 1.82) is 0 Å². The zero-order valence-corrected chi connectivity index (χ0v) is 10.3. The number of pyridine rings is 1. The van der Waals surface area contributed by atoms with Crippen molar-refractivity contribution in [3.8, 4) is 0 Å². The van der Waals surface area contributed by atoms with Crippen LogP contribution in [0, 0.1) is 0 Å². The predicted octanol–water partition coefficient (Wildman–Crippen LogP) is 2.52. The highest BCUT2D eigenvalue weighted by Crippen LogP contribution is 2.15. The summed E-state index contributed by atoms with van der Waals surface area (Å²) in [6, 6.07) is 10.0. The number of fused-ring (bicyclic) bond motifs is 1. The van der Waals surface area contributed by atoms with E-state index in [2.05, 4.69) is 10.3 Å². The zero-order chi connectivity index (χ0) is 12.8. The van der Waals surface area contributed by atoms with Gasteiger partial charge in [-0.15, -0.1) is 0 Å². The Hall–Kier alpha value is -2.10. The van der Waals surface area contributed by atoms with Crippen LogP contribution in [0.2, 0.25) is 0 Å². The number of ether oxygens (including phenoxy) is 1. The van der Waals surface area contributed by atoms with Crippen molar-refractivity contribution >= 4 is 17.0 Å². The lowest BCUT2D eigenvalue weighted by atomic mass is 10.1. The summed E-state index contributed by atoms with van der Waals surface area (Å²) in [5.74, 6) is 0. The van der Waals surface area contributed by atoms with Crippen molar-refractivity contribution < 1.29 is 9.53 Å². The van der Waals surface area contributed by atoms with Crippen LogP contribution in [0.1, 0.15) is 12.5 Å². The SMILES string of the molecule is CCOC(=O)NCCc1cccc2cccnc12. The topological polar surface area (TPSA) is 51.2 Å². The molecule has 2 rings (SSSR count). The summed E-state index contributed by atoms with van der Waals surface area (Å²) in [5.41, 5.74) is 2.12. The fourth-order valence-corrected chi connectivity index (χ4v) is 1.85. The average Bonchev–Trinajstić information content (AvgIpc) is 2.39. The number of alkyl carbamates (subject to hydrolysis) is 1. The predicted molar refractivity (Wildman–Crippen MR) is 70.5 cm³/mol. The summed E-state index contributed by atoms with van der Waals surface area (Å²) in [4.78, 5) is 15.5. The Balaban J connectivity index is 2.01. The van der Waals surface area contributed by atoms with Crippen LogP contribution in [-0.2, 0) is 11.2 Å². The second-order valence-electron chi connectivity index (χ2n) is 3.89. The molecule has 4 nitrogen and oxygen atoms in total. The molecule has 1 N–H and O–H groups in total. The van der Waals surface area contributed by atoms with Crippen molar-refractivity contribution in [2.24, 2.45) is 0 Å². The van der Waals surface area contributed by atoms with E-state index >= 15 is 0 Å². The first-order valence-corrected chi connectivity index (χ1v) is 6.04. The Kier molecular flexibility index (Phi) is 4.12. The van der Waals surface area contributed by atoms with Gasteiger partial charge in [0.05, 0.1) is 12.1 Å². The van der Waals surface area contributed by atoms with E-state index in [4.69, 9.17) is 4.74 Å². The first-order chi connectivity index (χ1) is 8.81. The van der Waals surface area contributed by atoms with E-state index in [0.717, 1.165) is 22.9 Å². The number of rotatable bonds is 4. The Morgan fingerprint density at radius 1 is 1.33 bits per heavy atom. The summed E-state index contributed by atoms with van der Waals surface area (Å²) in [5, 5.41) is 3.82. The summed E-state index contributed by atoms with van der Waals surface area (Å²) in [6.07, 6.45) is 2.16. The Morgan fingerprint density at radius 3 is 3.00 bits per heavy atom. The molecule has 4 heteroatoms. The highest BCUT2D eigenvalue weighted by atomic mass is 16.5. The average molecular weight is 244 g/mol. The lowest BCUT2D eigenvalue weighted by Crippen LogP contribution is -2.26. The minimum atomic E-state index is -0.370. The van der Waals surface area contributed by atoms with Gasteiger partial charge < -0.3 is 10.1 Å². The Labute approximate surface area is 106 Å². The summed E-state index contributed by atoms with van der Waals surface area (Å²) in [6.45, 7) is 2.73. The van der Waals surface area contributed by atoms with Crippen LogP contribution < -0.4 is 5.32 Å². The minimum Gasteiger partial charge on any atom is -0.450 e. The number of nitrogens with one attached hydrogen (secondary N) is 1. The molecule has 0 bridgehead atoms. The number of aromatic nitrogens is 1. The zero-order valence-electron chi connectivity index (χ0n) is 10.3. The summed E-state index contributed by atoms with van der Waals surface area (Å²) < 4.78 is 4.80. The van der Waals surface area contributed by atoms with E-state index in [0.29, 0.717) is 13.2 Å². The van der Waals surface area contributed by atoms with E-state index < -0.39 is 0 Å². The molecule has 94 valence electrons. The Bertz CT molecular complexity index is 535. The third-order valence-electron chi connectivity index (χ3n) is 2.66. The van der Waals surface area contributed by atoms with Crippen LogP contribution in [0.4, 0.5) is 4.79 Å². The smallest absolute Gasteiger partial charge is 0.407 e. The largest absolute Gasteiger partial charge is 0.450 e. The van der Waals surface area contributed by atoms with E-state index in [1.54, 1.807) is 13.1 Å². The van der Waals surface area contributed by atoms with E-state index in [9.17, 15) is 4.79 Å². The molecule has 0 unspecified atom stereocenters. The molecule has 0 radical (unpaired) electrons. The summed E-state index contributed by atoms with van der Waals surface area (Å²) in [7, 11) is 0. The maximum Gasteiger partial charge on any atom is 0.407 e. The third-order valence-corrected chi connectivity index (χ3v) is 2.66. The third kappa shape index (κ3) is 2.97. The highest BCUT2D eigenvalue weighted by Gasteiger charge is 2.03. The molecule has 0 fully saturated rings. The van der Waals surface area contributed by atoms with Crippen molar-refractivity contribution in [2.75, 3.05) is 13.2 Å². The first-order valence-electron chi connectivity index (χ1n) is 6.04. The second-order valence-corrected chi connectivity index (χ2v) is 3.89. The number of benzene rings is 1. The lowest BCUT2D eigenvalue weighted by Gasteiger charge is -2.07. The maximum absolute atomic E-state index is 11.1. The van der Waals surface area contributed by atoms with Crippen LogP contribution >= 0.6 is 0 Å². The number of carbonyl (C=O) groups excluding carboxylic acids is 1. The van der Waals surface area contributed by atoms with Gasteiger partial charge >= 0.3 is 6.09 Å². The minimum absolute atomic E-state index is 0.370. The van der Waals surface area contributed by atoms with Gasteiger partial charge in [0.15, 0.2) is 0 Å². The van der Waals surface area contributed by atoms with Gasteiger partial charge in [-0.25, -0.2) is 4.79 Å². The Morgan fingerprint density at radius 2 is 2.17 bits per heavy atom. The molecule has 0 aliphatic rings. The van der Waals surface area contributed by atoms with Crippen LogP contribution in [-0.4, -0.2) is 24.2 Å². The van der Waals surface area contributed by atoms with Crippen LogP contribution in [0.15, 0.2) is 36.5 Å². The number of para-hydroxylation sites is 1. The van der Waals surface area contributed by atoms with Crippen LogP contribution in [0.3, 0.4) is 0 Å². The first kappa shape index (κ1) is 12.4. The molecule has 18 heavy (non-hydrogen) atoms. The van der Waals surface area contributed by atoms with E-state index in [-0.39, 0.29) is 6.09 Å². The molecule has 1 aromatic heterocycles. The van der Waals surface area contributed by atoms with Gasteiger partial charge in [-0.2, -0.15) is 0 Å². The highest BCUT2D eigenvalue weighted by molar-refractivity contribution is 5.81. The van der Waals surface area contributed by atoms with Crippen LogP contribution in [0.25, 0.3) is 10.9 Å². The molecule has 1 aromatic carbocycles. The van der Waals surface area contributed by atoms with Crippen LogP contribution in [0.5, 0.6) is 0 Å². The molecule has 0 saturated carbocycles. The molecule has 0 spiro atoms. The van der Waals surface area contributed by atoms with Gasteiger partial charge in [0.1, 0.15) is 0 Å². The quantitative estimate of drug-likeness (QED) is 0.899.